The van der Waals surface area contributed by atoms with Gasteiger partial charge in [0.05, 0.1) is 12.2 Å². The molecule has 1 aromatic heterocycles. The van der Waals surface area contributed by atoms with Gasteiger partial charge < -0.3 is 4.90 Å². The van der Waals surface area contributed by atoms with E-state index in [1.54, 1.807) is 0 Å². The van der Waals surface area contributed by atoms with Crippen LogP contribution in [0.2, 0.25) is 0 Å². The SMILES string of the molecule is C#CCN(CC)c1nnc(C)c(C)c1C#N. The number of nitrogens with zero attached hydrogens (tertiary/aromatic N) is 4. The standard InChI is InChI=1S/C12H14N4/c1-5-7-16(6-2)12-11(8-13)9(3)10(4)14-15-12/h1H,6-7H2,2-4H3. The Morgan fingerprint density at radius 2 is 2.06 bits per heavy atom. The van der Waals surface area contributed by atoms with Gasteiger partial charge in [-0.3, -0.25) is 0 Å². The van der Waals surface area contributed by atoms with Crippen molar-refractivity contribution in [2.45, 2.75) is 20.8 Å². The molecule has 16 heavy (non-hydrogen) atoms. The van der Waals surface area contributed by atoms with Crippen LogP contribution in [0, 0.1) is 37.5 Å². The summed E-state index contributed by atoms with van der Waals surface area (Å²) in [4.78, 5) is 1.86. The third kappa shape index (κ3) is 2.12. The molecule has 1 rings (SSSR count). The smallest absolute Gasteiger partial charge is 0.170 e. The Balaban J connectivity index is 3.29. The molecule has 0 bridgehead atoms. The summed E-state index contributed by atoms with van der Waals surface area (Å²) in [5.74, 6) is 3.13. The minimum atomic E-state index is 0.433. The summed E-state index contributed by atoms with van der Waals surface area (Å²) in [6.45, 7) is 6.81. The van der Waals surface area contributed by atoms with Gasteiger partial charge in [-0.2, -0.15) is 10.4 Å². The predicted octanol–water partition coefficient (Wildman–Crippen LogP) is 1.42. The number of aryl methyl sites for hydroxylation is 1. The maximum absolute atomic E-state index is 9.14. The molecule has 0 atom stereocenters. The fourth-order valence-corrected chi connectivity index (χ4v) is 1.40. The lowest BCUT2D eigenvalue weighted by atomic mass is 10.1. The average Bonchev–Trinajstić information content (AvgIpc) is 2.29. The third-order valence-electron chi connectivity index (χ3n) is 2.51. The summed E-state index contributed by atoms with van der Waals surface area (Å²) in [5.41, 5.74) is 2.20. The molecule has 0 saturated heterocycles. The van der Waals surface area contributed by atoms with Crippen molar-refractivity contribution < 1.29 is 0 Å². The highest BCUT2D eigenvalue weighted by Gasteiger charge is 2.15. The van der Waals surface area contributed by atoms with E-state index in [0.29, 0.717) is 24.5 Å². The van der Waals surface area contributed by atoms with Gasteiger partial charge in [-0.25, -0.2) is 0 Å². The van der Waals surface area contributed by atoms with Gasteiger partial charge in [0.15, 0.2) is 5.82 Å². The van der Waals surface area contributed by atoms with E-state index in [1.165, 1.54) is 0 Å². The molecule has 0 aliphatic rings. The number of rotatable bonds is 3. The molecule has 4 nitrogen and oxygen atoms in total. The van der Waals surface area contributed by atoms with Gasteiger partial charge >= 0.3 is 0 Å². The van der Waals surface area contributed by atoms with Gasteiger partial charge in [0.1, 0.15) is 11.6 Å². The van der Waals surface area contributed by atoms with Gasteiger partial charge in [0.25, 0.3) is 0 Å². The summed E-state index contributed by atoms with van der Waals surface area (Å²) in [6, 6.07) is 2.17. The van der Waals surface area contributed by atoms with E-state index in [0.717, 1.165) is 11.3 Å². The first kappa shape index (κ1) is 12.0. The van der Waals surface area contributed by atoms with Crippen molar-refractivity contribution >= 4 is 5.82 Å². The normalized spacial score (nSPS) is 9.31. The number of hydrogen-bond donors (Lipinski definition) is 0. The molecule has 0 unspecified atom stereocenters. The summed E-state index contributed by atoms with van der Waals surface area (Å²) < 4.78 is 0. The minimum absolute atomic E-state index is 0.433. The quantitative estimate of drug-likeness (QED) is 0.714. The maximum Gasteiger partial charge on any atom is 0.170 e. The summed E-state index contributed by atoms with van der Waals surface area (Å²) in [5, 5.41) is 17.2. The largest absolute Gasteiger partial charge is 0.343 e. The van der Waals surface area contributed by atoms with Crippen LogP contribution in [-0.4, -0.2) is 23.3 Å². The van der Waals surface area contributed by atoms with Crippen LogP contribution in [0.25, 0.3) is 0 Å². The topological polar surface area (TPSA) is 52.8 Å². The zero-order chi connectivity index (χ0) is 12.1. The number of aromatic nitrogens is 2. The second-order valence-electron chi connectivity index (χ2n) is 3.44. The third-order valence-corrected chi connectivity index (χ3v) is 2.51. The Morgan fingerprint density at radius 1 is 1.38 bits per heavy atom. The highest BCUT2D eigenvalue weighted by molar-refractivity contribution is 5.57. The van der Waals surface area contributed by atoms with Crippen LogP contribution in [0.5, 0.6) is 0 Å². The lowest BCUT2D eigenvalue weighted by molar-refractivity contribution is 0.843. The van der Waals surface area contributed by atoms with Crippen molar-refractivity contribution in [1.29, 1.82) is 5.26 Å². The Labute approximate surface area is 95.9 Å². The highest BCUT2D eigenvalue weighted by atomic mass is 15.3. The van der Waals surface area contributed by atoms with E-state index in [-0.39, 0.29) is 0 Å². The van der Waals surface area contributed by atoms with Crippen LogP contribution in [0.3, 0.4) is 0 Å². The van der Waals surface area contributed by atoms with Crippen molar-refractivity contribution in [3.8, 4) is 18.4 Å². The highest BCUT2D eigenvalue weighted by Crippen LogP contribution is 2.20. The first-order valence-corrected chi connectivity index (χ1v) is 5.08. The Hall–Kier alpha value is -2.07. The summed E-state index contributed by atoms with van der Waals surface area (Å²) in [7, 11) is 0. The van der Waals surface area contributed by atoms with Crippen molar-refractivity contribution in [2.75, 3.05) is 18.0 Å². The van der Waals surface area contributed by atoms with Crippen molar-refractivity contribution in [1.82, 2.24) is 10.2 Å². The number of terminal acetylenes is 1. The number of hydrogen-bond acceptors (Lipinski definition) is 4. The van der Waals surface area contributed by atoms with E-state index < -0.39 is 0 Å². The molecule has 1 aromatic rings. The Kier molecular flexibility index (Phi) is 3.85. The van der Waals surface area contributed by atoms with E-state index in [4.69, 9.17) is 11.7 Å². The molecule has 0 aliphatic carbocycles. The molecule has 0 N–H and O–H groups in total. The lowest BCUT2D eigenvalue weighted by Gasteiger charge is -2.20. The summed E-state index contributed by atoms with van der Waals surface area (Å²) >= 11 is 0. The van der Waals surface area contributed by atoms with E-state index in [2.05, 4.69) is 22.2 Å². The predicted molar refractivity (Wildman–Crippen MR) is 62.9 cm³/mol. The van der Waals surface area contributed by atoms with Gasteiger partial charge in [0.2, 0.25) is 0 Å². The fraction of sp³-hybridized carbons (Fsp3) is 0.417. The molecule has 0 radical (unpaired) electrons. The van der Waals surface area contributed by atoms with Crippen molar-refractivity contribution in [3.05, 3.63) is 16.8 Å². The van der Waals surface area contributed by atoms with Crippen LogP contribution < -0.4 is 4.90 Å². The van der Waals surface area contributed by atoms with E-state index in [9.17, 15) is 0 Å². The molecular weight excluding hydrogens is 200 g/mol. The molecule has 4 heteroatoms. The zero-order valence-electron chi connectivity index (χ0n) is 9.78. The first-order valence-electron chi connectivity index (χ1n) is 5.08. The van der Waals surface area contributed by atoms with Gasteiger partial charge in [-0.1, -0.05) is 5.92 Å². The molecule has 82 valence electrons. The second kappa shape index (κ2) is 5.14. The van der Waals surface area contributed by atoms with Crippen molar-refractivity contribution in [3.63, 3.8) is 0 Å². The van der Waals surface area contributed by atoms with E-state index >= 15 is 0 Å². The number of anilines is 1. The van der Waals surface area contributed by atoms with Gasteiger partial charge in [-0.05, 0) is 26.3 Å². The Morgan fingerprint density at radius 3 is 2.56 bits per heavy atom. The lowest BCUT2D eigenvalue weighted by Crippen LogP contribution is -2.26. The van der Waals surface area contributed by atoms with Crippen LogP contribution in [0.4, 0.5) is 5.82 Å². The molecule has 0 aromatic carbocycles. The Bertz CT molecular complexity index is 465. The molecule has 1 heterocycles. The molecule has 0 spiro atoms. The zero-order valence-corrected chi connectivity index (χ0v) is 9.78. The maximum atomic E-state index is 9.14. The molecule has 0 aliphatic heterocycles. The monoisotopic (exact) mass is 214 g/mol. The van der Waals surface area contributed by atoms with Gasteiger partial charge in [0, 0.05) is 6.54 Å². The number of nitriles is 1. The van der Waals surface area contributed by atoms with E-state index in [1.807, 2.05) is 25.7 Å². The van der Waals surface area contributed by atoms with Crippen LogP contribution >= 0.6 is 0 Å². The van der Waals surface area contributed by atoms with Crippen LogP contribution in [-0.2, 0) is 0 Å². The molecule has 0 amide bonds. The first-order chi connectivity index (χ1) is 7.65. The average molecular weight is 214 g/mol. The van der Waals surface area contributed by atoms with Crippen LogP contribution in [0.1, 0.15) is 23.7 Å². The fourth-order valence-electron chi connectivity index (χ4n) is 1.40. The van der Waals surface area contributed by atoms with Gasteiger partial charge in [-0.15, -0.1) is 11.5 Å². The summed E-state index contributed by atoms with van der Waals surface area (Å²) in [6.07, 6.45) is 5.28. The molecule has 0 fully saturated rings. The second-order valence-corrected chi connectivity index (χ2v) is 3.44. The van der Waals surface area contributed by atoms with Crippen LogP contribution in [0.15, 0.2) is 0 Å². The minimum Gasteiger partial charge on any atom is -0.343 e. The van der Waals surface area contributed by atoms with Crippen molar-refractivity contribution in [2.24, 2.45) is 0 Å². The molecular formula is C12H14N4. The molecule has 0 saturated carbocycles.